The first-order valence-corrected chi connectivity index (χ1v) is 14.6. The van der Waals surface area contributed by atoms with Crippen molar-refractivity contribution in [3.8, 4) is 0 Å². The Hall–Kier alpha value is -0.0213. The zero-order valence-corrected chi connectivity index (χ0v) is 10.8. The summed E-state index contributed by atoms with van der Waals surface area (Å²) in [5, 5.41) is 0. The van der Waals surface area contributed by atoms with Gasteiger partial charge in [-0.15, -0.1) is 0 Å². The van der Waals surface area contributed by atoms with E-state index in [0.717, 1.165) is 5.56 Å². The van der Waals surface area contributed by atoms with Gasteiger partial charge in [0, 0.05) is 0 Å². The number of halogens is 1. The first-order chi connectivity index (χ1) is 5.52. The quantitative estimate of drug-likeness (QED) is 0.765. The molecule has 0 aliphatic heterocycles. The molecule has 1 nitrogen and oxygen atoms in total. The van der Waals surface area contributed by atoms with Crippen LogP contribution in [0, 0.1) is 0 Å². The van der Waals surface area contributed by atoms with Gasteiger partial charge in [-0.25, -0.2) is 0 Å². The van der Waals surface area contributed by atoms with Crippen molar-refractivity contribution in [2.45, 2.75) is 9.88 Å². The minimum absolute atomic E-state index is 0.173. The fourth-order valence-corrected chi connectivity index (χ4v) is 4.10. The summed E-state index contributed by atoms with van der Waals surface area (Å²) in [6.07, 6.45) is 0. The average molecular weight is 289 g/mol. The summed E-state index contributed by atoms with van der Waals surface area (Å²) in [7, 11) is 6.08. The van der Waals surface area contributed by atoms with Gasteiger partial charge in [0.2, 0.25) is 0 Å². The fourth-order valence-electron chi connectivity index (χ4n) is 0.933. The molecule has 1 aromatic carbocycles. The average Bonchev–Trinajstić information content (AvgIpc) is 2.03. The topological polar surface area (TPSA) is 17.1 Å². The van der Waals surface area contributed by atoms with Gasteiger partial charge in [0.05, 0.1) is 0 Å². The van der Waals surface area contributed by atoms with Crippen molar-refractivity contribution in [3.63, 3.8) is 0 Å². The van der Waals surface area contributed by atoms with E-state index in [9.17, 15) is 4.79 Å². The van der Waals surface area contributed by atoms with Crippen LogP contribution in [0.3, 0.4) is 0 Å². The molecule has 64 valence electrons. The van der Waals surface area contributed by atoms with Crippen LogP contribution in [-0.4, -0.2) is 21.0 Å². The van der Waals surface area contributed by atoms with Gasteiger partial charge >= 0.3 is 80.5 Å². The Bertz CT molecular complexity index is 276. The molecule has 0 atom stereocenters. The standard InChI is InChI=1S/C7H5O.2CH3.ClH.Sn/c8-6-7-4-2-1-3-5-7;;;;/h1-5H;2*1H3;1H;/q;;;;+1/p-1. The van der Waals surface area contributed by atoms with E-state index in [1.807, 2.05) is 40.2 Å². The molecule has 0 amide bonds. The molecule has 12 heavy (non-hydrogen) atoms. The van der Waals surface area contributed by atoms with Crippen LogP contribution in [0.2, 0.25) is 9.88 Å². The predicted octanol–water partition coefficient (Wildman–Crippen LogP) is 2.85. The molecule has 0 radical (unpaired) electrons. The molecule has 0 saturated heterocycles. The first kappa shape index (κ1) is 10.1. The normalized spacial score (nSPS) is 11.2. The first-order valence-electron chi connectivity index (χ1n) is 3.80. The minimum atomic E-state index is -2.87. The summed E-state index contributed by atoms with van der Waals surface area (Å²) in [6.45, 7) is 0. The Morgan fingerprint density at radius 3 is 2.17 bits per heavy atom. The molecule has 0 saturated carbocycles. The molecule has 0 bridgehead atoms. The molecular weight excluding hydrogens is 278 g/mol. The van der Waals surface area contributed by atoms with Gasteiger partial charge in [0.15, 0.2) is 0 Å². The second-order valence-electron chi connectivity index (χ2n) is 3.17. The number of benzene rings is 1. The van der Waals surface area contributed by atoms with Gasteiger partial charge in [-0.3, -0.25) is 0 Å². The maximum absolute atomic E-state index is 11.6. The molecule has 0 aromatic heterocycles. The second kappa shape index (κ2) is 3.79. The Kier molecular flexibility index (Phi) is 3.18. The SMILES string of the molecule is [CH3][Sn]([CH3])([Cl])[C](=O)c1ccccc1. The molecule has 0 unspecified atom stereocenters. The van der Waals surface area contributed by atoms with E-state index >= 15 is 0 Å². The molecule has 0 heterocycles. The molecule has 0 aliphatic carbocycles. The van der Waals surface area contributed by atoms with Crippen LogP contribution in [0.5, 0.6) is 0 Å². The van der Waals surface area contributed by atoms with Gasteiger partial charge in [0.1, 0.15) is 0 Å². The van der Waals surface area contributed by atoms with Crippen LogP contribution < -0.4 is 0 Å². The van der Waals surface area contributed by atoms with E-state index < -0.39 is 17.3 Å². The van der Waals surface area contributed by atoms with E-state index in [0.29, 0.717) is 0 Å². The van der Waals surface area contributed by atoms with Crippen molar-refractivity contribution in [1.82, 2.24) is 0 Å². The van der Waals surface area contributed by atoms with Crippen LogP contribution in [0.15, 0.2) is 30.3 Å². The van der Waals surface area contributed by atoms with Crippen molar-refractivity contribution in [3.05, 3.63) is 35.9 Å². The number of rotatable bonds is 2. The molecule has 0 spiro atoms. The van der Waals surface area contributed by atoms with Gasteiger partial charge in [-0.1, -0.05) is 0 Å². The van der Waals surface area contributed by atoms with E-state index in [-0.39, 0.29) is 3.80 Å². The molecule has 1 rings (SSSR count). The van der Waals surface area contributed by atoms with Gasteiger partial charge in [-0.05, 0) is 0 Å². The Morgan fingerprint density at radius 1 is 1.25 bits per heavy atom. The fraction of sp³-hybridized carbons (Fsp3) is 0.222. The number of carbonyl (C=O) groups is 1. The van der Waals surface area contributed by atoms with E-state index in [1.165, 1.54) is 0 Å². The molecular formula is C9H11ClOSn. The summed E-state index contributed by atoms with van der Waals surface area (Å²) in [6, 6.07) is 9.27. The zero-order chi connectivity index (χ0) is 9.19. The third-order valence-electron chi connectivity index (χ3n) is 1.58. The van der Waals surface area contributed by atoms with Crippen molar-refractivity contribution in [2.75, 3.05) is 0 Å². The molecule has 1 aromatic rings. The molecule has 0 N–H and O–H groups in total. The second-order valence-corrected chi connectivity index (χ2v) is 19.2. The van der Waals surface area contributed by atoms with Gasteiger partial charge < -0.3 is 0 Å². The van der Waals surface area contributed by atoms with Crippen molar-refractivity contribution < 1.29 is 4.79 Å². The summed E-state index contributed by atoms with van der Waals surface area (Å²) >= 11 is -2.87. The Morgan fingerprint density at radius 2 is 1.75 bits per heavy atom. The van der Waals surface area contributed by atoms with Crippen molar-refractivity contribution in [1.29, 1.82) is 0 Å². The summed E-state index contributed by atoms with van der Waals surface area (Å²) in [5.41, 5.74) is 0.758. The molecule has 0 fully saturated rings. The summed E-state index contributed by atoms with van der Waals surface area (Å²) in [5.74, 6) is 0. The van der Waals surface area contributed by atoms with E-state index in [2.05, 4.69) is 0 Å². The van der Waals surface area contributed by atoms with Crippen molar-refractivity contribution in [2.24, 2.45) is 0 Å². The van der Waals surface area contributed by atoms with E-state index in [4.69, 9.17) is 8.92 Å². The van der Waals surface area contributed by atoms with Gasteiger partial charge in [0.25, 0.3) is 0 Å². The Balaban J connectivity index is 2.94. The summed E-state index contributed by atoms with van der Waals surface area (Å²) < 4.78 is 0.173. The van der Waals surface area contributed by atoms with Crippen LogP contribution in [0.1, 0.15) is 10.4 Å². The van der Waals surface area contributed by atoms with Crippen LogP contribution in [0.4, 0.5) is 0 Å². The number of carbonyl (C=O) groups excluding carboxylic acids is 1. The zero-order valence-electron chi connectivity index (χ0n) is 7.17. The van der Waals surface area contributed by atoms with Gasteiger partial charge in [-0.2, -0.15) is 0 Å². The predicted molar refractivity (Wildman–Crippen MR) is 54.1 cm³/mol. The van der Waals surface area contributed by atoms with Crippen LogP contribution in [0.25, 0.3) is 0 Å². The van der Waals surface area contributed by atoms with Crippen molar-refractivity contribution >= 4 is 30.0 Å². The maximum atomic E-state index is 11.6. The third-order valence-corrected chi connectivity index (χ3v) is 6.63. The Labute approximate surface area is 80.3 Å². The summed E-state index contributed by atoms with van der Waals surface area (Å²) in [4.78, 5) is 15.4. The number of hydrogen-bond acceptors (Lipinski definition) is 1. The molecule has 0 aliphatic rings. The monoisotopic (exact) mass is 290 g/mol. The van der Waals surface area contributed by atoms with Crippen LogP contribution >= 0.6 is 8.92 Å². The molecule has 3 heteroatoms. The van der Waals surface area contributed by atoms with Crippen LogP contribution in [-0.2, 0) is 0 Å². The van der Waals surface area contributed by atoms with E-state index in [1.54, 1.807) is 0 Å². The third kappa shape index (κ3) is 2.49. The number of hydrogen-bond donors (Lipinski definition) is 0.